The Morgan fingerprint density at radius 2 is 1.94 bits per heavy atom. The fourth-order valence-electron chi connectivity index (χ4n) is 1.77. The van der Waals surface area contributed by atoms with E-state index in [0.29, 0.717) is 10.7 Å². The standard InChI is InChI=1S/C13H10ClN3S/c14-8-3-1-2-4-9(8)17-10-5-6-11-13(12(10)15)16-7-18-11/h1-7,17H,15H2. The van der Waals surface area contributed by atoms with E-state index in [9.17, 15) is 0 Å². The lowest BCUT2D eigenvalue weighted by Crippen LogP contribution is -1.97. The van der Waals surface area contributed by atoms with Crippen molar-refractivity contribution < 1.29 is 0 Å². The van der Waals surface area contributed by atoms with Gasteiger partial charge in [-0.3, -0.25) is 0 Å². The number of thiazole rings is 1. The van der Waals surface area contributed by atoms with Crippen LogP contribution in [0.5, 0.6) is 0 Å². The highest BCUT2D eigenvalue weighted by Gasteiger charge is 2.08. The number of anilines is 3. The van der Waals surface area contributed by atoms with Crippen LogP contribution >= 0.6 is 22.9 Å². The molecule has 0 saturated carbocycles. The molecule has 0 aliphatic rings. The van der Waals surface area contributed by atoms with Gasteiger partial charge in [0.05, 0.1) is 32.3 Å². The first-order valence-corrected chi connectivity index (χ1v) is 6.64. The Morgan fingerprint density at radius 1 is 1.11 bits per heavy atom. The summed E-state index contributed by atoms with van der Waals surface area (Å²) in [6.45, 7) is 0. The molecule has 0 unspecified atom stereocenters. The molecule has 3 aromatic rings. The summed E-state index contributed by atoms with van der Waals surface area (Å²) < 4.78 is 1.08. The normalized spacial score (nSPS) is 10.7. The van der Waals surface area contributed by atoms with Crippen LogP contribution < -0.4 is 11.1 Å². The first-order valence-electron chi connectivity index (χ1n) is 5.39. The number of hydrogen-bond acceptors (Lipinski definition) is 4. The SMILES string of the molecule is Nc1c(Nc2ccccc2Cl)ccc2scnc12. The van der Waals surface area contributed by atoms with E-state index >= 15 is 0 Å². The number of halogens is 1. The maximum Gasteiger partial charge on any atom is 0.106 e. The lowest BCUT2D eigenvalue weighted by Gasteiger charge is -2.10. The van der Waals surface area contributed by atoms with E-state index in [-0.39, 0.29) is 0 Å². The zero-order chi connectivity index (χ0) is 12.5. The number of rotatable bonds is 2. The minimum absolute atomic E-state index is 0.647. The number of fused-ring (bicyclic) bond motifs is 1. The molecule has 0 amide bonds. The fraction of sp³-hybridized carbons (Fsp3) is 0. The summed E-state index contributed by atoms with van der Waals surface area (Å²) in [5, 5.41) is 3.89. The van der Waals surface area contributed by atoms with E-state index in [0.717, 1.165) is 21.6 Å². The molecule has 1 aromatic heterocycles. The summed E-state index contributed by atoms with van der Waals surface area (Å²) in [6.07, 6.45) is 0. The molecule has 0 aliphatic carbocycles. The first kappa shape index (κ1) is 11.3. The minimum atomic E-state index is 0.647. The molecular weight excluding hydrogens is 266 g/mol. The first-order chi connectivity index (χ1) is 8.75. The van der Waals surface area contributed by atoms with Crippen molar-refractivity contribution in [3.05, 3.63) is 46.9 Å². The average molecular weight is 276 g/mol. The molecule has 0 aliphatic heterocycles. The molecule has 1 heterocycles. The summed E-state index contributed by atoms with van der Waals surface area (Å²) in [4.78, 5) is 4.26. The molecule has 0 saturated heterocycles. The van der Waals surface area contributed by atoms with E-state index < -0.39 is 0 Å². The van der Waals surface area contributed by atoms with Crippen molar-refractivity contribution in [1.82, 2.24) is 4.98 Å². The molecule has 0 fully saturated rings. The van der Waals surface area contributed by atoms with Crippen molar-refractivity contribution in [3.8, 4) is 0 Å². The Balaban J connectivity index is 2.05. The number of nitrogens with two attached hydrogens (primary N) is 1. The Labute approximate surface area is 113 Å². The van der Waals surface area contributed by atoms with Gasteiger partial charge < -0.3 is 11.1 Å². The van der Waals surface area contributed by atoms with E-state index in [1.807, 2.05) is 36.4 Å². The second-order valence-corrected chi connectivity index (χ2v) is 5.12. The smallest absolute Gasteiger partial charge is 0.106 e. The number of nitrogen functional groups attached to an aromatic ring is 1. The third-order valence-corrected chi connectivity index (χ3v) is 3.81. The molecular formula is C13H10ClN3S. The molecule has 0 spiro atoms. The van der Waals surface area contributed by atoms with Crippen molar-refractivity contribution in [3.63, 3.8) is 0 Å². The average Bonchev–Trinajstić information content (AvgIpc) is 2.84. The summed E-state index contributed by atoms with van der Waals surface area (Å²) in [5.41, 5.74) is 11.0. The van der Waals surface area contributed by atoms with Crippen LogP contribution in [0.3, 0.4) is 0 Å². The van der Waals surface area contributed by atoms with Crippen LogP contribution in [0.4, 0.5) is 17.1 Å². The number of para-hydroxylation sites is 1. The molecule has 5 heteroatoms. The summed E-state index contributed by atoms with van der Waals surface area (Å²) >= 11 is 7.68. The third-order valence-electron chi connectivity index (χ3n) is 2.68. The van der Waals surface area contributed by atoms with Crippen LogP contribution in [0.1, 0.15) is 0 Å². The Hall–Kier alpha value is -1.78. The largest absolute Gasteiger partial charge is 0.395 e. The third kappa shape index (κ3) is 1.89. The lowest BCUT2D eigenvalue weighted by molar-refractivity contribution is 1.49. The van der Waals surface area contributed by atoms with Crippen molar-refractivity contribution in [1.29, 1.82) is 0 Å². The van der Waals surface area contributed by atoms with Gasteiger partial charge in [-0.1, -0.05) is 23.7 Å². The molecule has 18 heavy (non-hydrogen) atoms. The monoisotopic (exact) mass is 275 g/mol. The second-order valence-electron chi connectivity index (χ2n) is 3.83. The molecule has 3 N–H and O–H groups in total. The minimum Gasteiger partial charge on any atom is -0.395 e. The van der Waals surface area contributed by atoms with Crippen molar-refractivity contribution >= 4 is 50.2 Å². The van der Waals surface area contributed by atoms with Gasteiger partial charge in [-0.15, -0.1) is 11.3 Å². The van der Waals surface area contributed by atoms with Crippen molar-refractivity contribution in [2.45, 2.75) is 0 Å². The number of benzene rings is 2. The molecule has 2 aromatic carbocycles. The molecule has 0 bridgehead atoms. The topological polar surface area (TPSA) is 50.9 Å². The Morgan fingerprint density at radius 3 is 2.78 bits per heavy atom. The van der Waals surface area contributed by atoms with Gasteiger partial charge >= 0.3 is 0 Å². The number of nitrogens with one attached hydrogen (secondary N) is 1. The van der Waals surface area contributed by atoms with Crippen LogP contribution in [-0.2, 0) is 0 Å². The van der Waals surface area contributed by atoms with Gasteiger partial charge in [-0.05, 0) is 24.3 Å². The van der Waals surface area contributed by atoms with Crippen LogP contribution in [-0.4, -0.2) is 4.98 Å². The summed E-state index contributed by atoms with van der Waals surface area (Å²) in [5.74, 6) is 0. The summed E-state index contributed by atoms with van der Waals surface area (Å²) in [6, 6.07) is 11.5. The maximum atomic E-state index is 6.11. The summed E-state index contributed by atoms with van der Waals surface area (Å²) in [7, 11) is 0. The van der Waals surface area contributed by atoms with E-state index in [1.54, 1.807) is 16.8 Å². The van der Waals surface area contributed by atoms with E-state index in [2.05, 4.69) is 10.3 Å². The molecule has 3 rings (SSSR count). The zero-order valence-electron chi connectivity index (χ0n) is 9.35. The van der Waals surface area contributed by atoms with Gasteiger partial charge in [-0.25, -0.2) is 4.98 Å². The molecule has 0 atom stereocenters. The molecule has 90 valence electrons. The lowest BCUT2D eigenvalue weighted by atomic mass is 10.2. The maximum absolute atomic E-state index is 6.11. The predicted octanol–water partition coefficient (Wildman–Crippen LogP) is 4.28. The molecule has 3 nitrogen and oxygen atoms in total. The zero-order valence-corrected chi connectivity index (χ0v) is 10.9. The van der Waals surface area contributed by atoms with Gasteiger partial charge in [-0.2, -0.15) is 0 Å². The number of aromatic nitrogens is 1. The second kappa shape index (κ2) is 4.48. The van der Waals surface area contributed by atoms with Gasteiger partial charge in [0, 0.05) is 0 Å². The van der Waals surface area contributed by atoms with Crippen molar-refractivity contribution in [2.24, 2.45) is 0 Å². The Kier molecular flexibility index (Phi) is 2.81. The number of nitrogens with zero attached hydrogens (tertiary/aromatic N) is 1. The highest BCUT2D eigenvalue weighted by Crippen LogP contribution is 2.33. The fourth-order valence-corrected chi connectivity index (χ4v) is 2.64. The quantitative estimate of drug-likeness (QED) is 0.687. The van der Waals surface area contributed by atoms with E-state index in [4.69, 9.17) is 17.3 Å². The van der Waals surface area contributed by atoms with Gasteiger partial charge in [0.2, 0.25) is 0 Å². The number of hydrogen-bond donors (Lipinski definition) is 2. The van der Waals surface area contributed by atoms with Gasteiger partial charge in [0.25, 0.3) is 0 Å². The van der Waals surface area contributed by atoms with Crippen LogP contribution in [0, 0.1) is 0 Å². The van der Waals surface area contributed by atoms with Crippen LogP contribution in [0.2, 0.25) is 5.02 Å². The van der Waals surface area contributed by atoms with Crippen molar-refractivity contribution in [2.75, 3.05) is 11.1 Å². The Bertz CT molecular complexity index is 708. The molecule has 0 radical (unpaired) electrons. The van der Waals surface area contributed by atoms with Gasteiger partial charge in [0.15, 0.2) is 0 Å². The highest BCUT2D eigenvalue weighted by atomic mass is 35.5. The van der Waals surface area contributed by atoms with Gasteiger partial charge in [0.1, 0.15) is 5.52 Å². The highest BCUT2D eigenvalue weighted by molar-refractivity contribution is 7.16. The van der Waals surface area contributed by atoms with Crippen LogP contribution in [0.15, 0.2) is 41.9 Å². The predicted molar refractivity (Wildman–Crippen MR) is 78.8 cm³/mol. The van der Waals surface area contributed by atoms with Crippen LogP contribution in [0.25, 0.3) is 10.2 Å². The van der Waals surface area contributed by atoms with E-state index in [1.165, 1.54) is 0 Å².